The van der Waals surface area contributed by atoms with Crippen molar-refractivity contribution in [3.05, 3.63) is 49.3 Å². The predicted octanol–water partition coefficient (Wildman–Crippen LogP) is 4.88. The van der Waals surface area contributed by atoms with Crippen LogP contribution in [-0.2, 0) is 14.0 Å². The van der Waals surface area contributed by atoms with Crippen molar-refractivity contribution in [1.29, 1.82) is 0 Å². The molecule has 0 spiro atoms. The molecule has 222 valence electrons. The average molecular weight is 590 g/mol. The first-order valence-corrected chi connectivity index (χ1v) is 17.4. The minimum absolute atomic E-state index is 0.0513. The normalized spacial score (nSPS) is 21.4. The Bertz CT molecular complexity index is 1580. The second-order valence-electron chi connectivity index (χ2n) is 12.7. The van der Waals surface area contributed by atoms with Crippen molar-refractivity contribution in [3.63, 3.8) is 0 Å². The van der Waals surface area contributed by atoms with Gasteiger partial charge < -0.3 is 30.1 Å². The molecule has 1 aliphatic carbocycles. The number of nitrogens with one attached hydrogen (secondary N) is 2. The SMILES string of the molecule is CC(C)(C)[Si](C)(C)OC1C[C@H](n2cc(-n3cccn3)c3c(N)ncnc32)O[C@@H]1C(=O)Nc1cc(NC2CCC2)ccn1. The molecule has 5 heterocycles. The quantitative estimate of drug-likeness (QED) is 0.245. The topological polar surface area (TPSA) is 147 Å². The number of carbonyl (C=O) groups excluding carboxylic acids is 1. The highest BCUT2D eigenvalue weighted by atomic mass is 28.4. The molecule has 13 heteroatoms. The van der Waals surface area contributed by atoms with E-state index in [1.54, 1.807) is 17.1 Å². The molecule has 4 aromatic heterocycles. The van der Waals surface area contributed by atoms with Crippen LogP contribution in [0.25, 0.3) is 16.7 Å². The molecule has 2 fully saturated rings. The van der Waals surface area contributed by atoms with Gasteiger partial charge in [-0.2, -0.15) is 5.10 Å². The van der Waals surface area contributed by atoms with E-state index in [0.717, 1.165) is 24.2 Å². The van der Waals surface area contributed by atoms with E-state index in [1.165, 1.54) is 12.7 Å². The van der Waals surface area contributed by atoms with Gasteiger partial charge in [0, 0.05) is 49.0 Å². The number of ether oxygens (including phenoxy) is 1. The maximum Gasteiger partial charge on any atom is 0.257 e. The zero-order chi connectivity index (χ0) is 29.6. The number of aromatic nitrogens is 6. The van der Waals surface area contributed by atoms with Crippen LogP contribution in [0, 0.1) is 0 Å². The second-order valence-corrected chi connectivity index (χ2v) is 17.4. The standard InChI is InChI=1S/C29H39N9O3Si/c1-29(2,3)42(4,5)41-21-15-23(37-16-20(38-13-7-11-34-38)24-26(30)32-17-33-27(24)37)40-25(21)28(39)36-22-14-19(10-12-31-22)35-18-8-6-9-18/h7,10-14,16-18,21,23,25H,6,8-9,15H2,1-5H3,(H2,30,32,33)(H2,31,35,36,39)/t21?,23-,25+/m1/s1. The summed E-state index contributed by atoms with van der Waals surface area (Å²) in [4.78, 5) is 27.0. The maximum absolute atomic E-state index is 13.8. The van der Waals surface area contributed by atoms with E-state index in [9.17, 15) is 4.79 Å². The van der Waals surface area contributed by atoms with Crippen molar-refractivity contribution in [2.45, 2.75) is 89.1 Å². The summed E-state index contributed by atoms with van der Waals surface area (Å²) in [6.45, 7) is 10.9. The zero-order valence-electron chi connectivity index (χ0n) is 24.7. The third kappa shape index (κ3) is 5.39. The monoisotopic (exact) mass is 589 g/mol. The smallest absolute Gasteiger partial charge is 0.257 e. The largest absolute Gasteiger partial charge is 0.411 e. The van der Waals surface area contributed by atoms with E-state index >= 15 is 0 Å². The number of nitrogen functional groups attached to an aromatic ring is 1. The lowest BCUT2D eigenvalue weighted by atomic mass is 9.93. The molecule has 1 saturated carbocycles. The fraction of sp³-hybridized carbons (Fsp3) is 0.483. The summed E-state index contributed by atoms with van der Waals surface area (Å²) in [6.07, 6.45) is 10.7. The Labute approximate surface area is 246 Å². The predicted molar refractivity (Wildman–Crippen MR) is 164 cm³/mol. The molecular formula is C29H39N9O3Si. The fourth-order valence-corrected chi connectivity index (χ4v) is 6.51. The lowest BCUT2D eigenvalue weighted by Gasteiger charge is -2.39. The highest BCUT2D eigenvalue weighted by Crippen LogP contribution is 2.42. The van der Waals surface area contributed by atoms with E-state index in [2.05, 4.69) is 64.5 Å². The number of nitrogens with two attached hydrogens (primary N) is 1. The highest BCUT2D eigenvalue weighted by molar-refractivity contribution is 6.74. The Balaban J connectivity index is 1.31. The van der Waals surface area contributed by atoms with Crippen LogP contribution in [0.2, 0.25) is 18.1 Å². The number of carbonyl (C=O) groups is 1. The van der Waals surface area contributed by atoms with Gasteiger partial charge in [0.15, 0.2) is 14.4 Å². The molecule has 1 saturated heterocycles. The Morgan fingerprint density at radius 1 is 1.19 bits per heavy atom. The number of hydrogen-bond acceptors (Lipinski definition) is 9. The van der Waals surface area contributed by atoms with Gasteiger partial charge >= 0.3 is 0 Å². The van der Waals surface area contributed by atoms with Crippen LogP contribution in [0.5, 0.6) is 0 Å². The summed E-state index contributed by atoms with van der Waals surface area (Å²) < 4.78 is 17.0. The number of hydrogen-bond donors (Lipinski definition) is 3. The van der Waals surface area contributed by atoms with Crippen LogP contribution in [0.1, 0.15) is 52.7 Å². The van der Waals surface area contributed by atoms with Crippen LogP contribution in [0.3, 0.4) is 0 Å². The molecular weight excluding hydrogens is 550 g/mol. The summed E-state index contributed by atoms with van der Waals surface area (Å²) in [7, 11) is -2.26. The lowest BCUT2D eigenvalue weighted by Crippen LogP contribution is -2.48. The summed E-state index contributed by atoms with van der Waals surface area (Å²) in [6, 6.07) is 6.09. The molecule has 6 rings (SSSR count). The Hall–Kier alpha value is -3.81. The van der Waals surface area contributed by atoms with Gasteiger partial charge in [-0.15, -0.1) is 0 Å². The molecule has 0 radical (unpaired) electrons. The van der Waals surface area contributed by atoms with Crippen LogP contribution < -0.4 is 16.4 Å². The van der Waals surface area contributed by atoms with Crippen molar-refractivity contribution >= 4 is 42.6 Å². The maximum atomic E-state index is 13.8. The van der Waals surface area contributed by atoms with E-state index in [0.29, 0.717) is 35.1 Å². The van der Waals surface area contributed by atoms with Crippen LogP contribution in [-0.4, -0.2) is 61.8 Å². The Kier molecular flexibility index (Phi) is 7.27. The van der Waals surface area contributed by atoms with Gasteiger partial charge in [0.2, 0.25) is 0 Å². The van der Waals surface area contributed by atoms with Crippen LogP contribution in [0.15, 0.2) is 49.3 Å². The molecule has 4 aromatic rings. The minimum atomic E-state index is -2.26. The van der Waals surface area contributed by atoms with Crippen LogP contribution in [0.4, 0.5) is 17.3 Å². The molecule has 12 nitrogen and oxygen atoms in total. The highest BCUT2D eigenvalue weighted by Gasteiger charge is 2.48. The number of fused-ring (bicyclic) bond motifs is 1. The molecule has 1 amide bonds. The van der Waals surface area contributed by atoms with Crippen molar-refractivity contribution in [2.24, 2.45) is 0 Å². The number of pyridine rings is 1. The third-order valence-corrected chi connectivity index (χ3v) is 13.3. The van der Waals surface area contributed by atoms with Crippen molar-refractivity contribution in [2.75, 3.05) is 16.4 Å². The summed E-state index contributed by atoms with van der Waals surface area (Å²) in [5, 5.41) is 11.5. The van der Waals surface area contributed by atoms with E-state index in [1.807, 2.05) is 35.2 Å². The molecule has 0 aromatic carbocycles. The Morgan fingerprint density at radius 2 is 2.00 bits per heavy atom. The van der Waals surface area contributed by atoms with Gasteiger partial charge in [-0.3, -0.25) is 4.79 Å². The molecule has 2 aliphatic rings. The molecule has 1 aliphatic heterocycles. The van der Waals surface area contributed by atoms with Crippen molar-refractivity contribution < 1.29 is 14.0 Å². The van der Waals surface area contributed by atoms with Gasteiger partial charge in [-0.05, 0) is 49.5 Å². The van der Waals surface area contributed by atoms with Gasteiger partial charge in [-0.1, -0.05) is 20.8 Å². The first-order valence-electron chi connectivity index (χ1n) is 14.5. The first-order chi connectivity index (χ1) is 20.0. The summed E-state index contributed by atoms with van der Waals surface area (Å²) >= 11 is 0. The molecule has 1 unspecified atom stereocenters. The van der Waals surface area contributed by atoms with Gasteiger partial charge in [0.1, 0.15) is 29.8 Å². The number of nitrogens with zero attached hydrogens (tertiary/aromatic N) is 6. The molecule has 42 heavy (non-hydrogen) atoms. The van der Waals surface area contributed by atoms with E-state index in [4.69, 9.17) is 14.9 Å². The minimum Gasteiger partial charge on any atom is -0.411 e. The van der Waals surface area contributed by atoms with Gasteiger partial charge in [0.05, 0.1) is 17.2 Å². The van der Waals surface area contributed by atoms with Crippen molar-refractivity contribution in [3.8, 4) is 5.69 Å². The number of amides is 1. The summed E-state index contributed by atoms with van der Waals surface area (Å²) in [5.41, 5.74) is 8.57. The first kappa shape index (κ1) is 28.3. The number of anilines is 3. The molecule has 0 bridgehead atoms. The van der Waals surface area contributed by atoms with Gasteiger partial charge in [-0.25, -0.2) is 19.6 Å². The van der Waals surface area contributed by atoms with E-state index in [-0.39, 0.29) is 10.9 Å². The second kappa shape index (κ2) is 10.8. The van der Waals surface area contributed by atoms with Gasteiger partial charge in [0.25, 0.3) is 5.91 Å². The average Bonchev–Trinajstić information content (AvgIpc) is 3.65. The third-order valence-electron chi connectivity index (χ3n) is 8.75. The number of rotatable bonds is 8. The van der Waals surface area contributed by atoms with Crippen LogP contribution >= 0.6 is 0 Å². The fourth-order valence-electron chi connectivity index (χ4n) is 5.18. The lowest BCUT2D eigenvalue weighted by molar-refractivity contribution is -0.131. The Morgan fingerprint density at radius 3 is 2.69 bits per heavy atom. The van der Waals surface area contributed by atoms with E-state index < -0.39 is 26.8 Å². The molecule has 4 N–H and O–H groups in total. The zero-order valence-corrected chi connectivity index (χ0v) is 25.7. The summed E-state index contributed by atoms with van der Waals surface area (Å²) in [5.74, 6) is 0.509. The molecule has 3 atom stereocenters. The van der Waals surface area contributed by atoms with Crippen molar-refractivity contribution in [1.82, 2.24) is 29.3 Å².